The summed E-state index contributed by atoms with van der Waals surface area (Å²) < 4.78 is 4.92. The van der Waals surface area contributed by atoms with Gasteiger partial charge in [0.2, 0.25) is 5.91 Å². The molecule has 0 spiro atoms. The number of nitrogens with zero attached hydrogens (tertiary/aromatic N) is 1. The van der Waals surface area contributed by atoms with Gasteiger partial charge in [0.05, 0.1) is 11.8 Å². The van der Waals surface area contributed by atoms with Gasteiger partial charge in [-0.15, -0.1) is 0 Å². The number of furan rings is 1. The summed E-state index contributed by atoms with van der Waals surface area (Å²) in [6, 6.07) is 1.69. The topological polar surface area (TPSA) is 62.6 Å². The van der Waals surface area contributed by atoms with Crippen LogP contribution in [0, 0.1) is 5.92 Å². The average molecular weight is 250 g/mol. The molecule has 98 valence electrons. The van der Waals surface area contributed by atoms with Crippen LogP contribution in [0.25, 0.3) is 0 Å². The highest BCUT2D eigenvalue weighted by Crippen LogP contribution is 2.18. The predicted molar refractivity (Wildman–Crippen MR) is 66.0 cm³/mol. The van der Waals surface area contributed by atoms with Gasteiger partial charge < -0.3 is 14.6 Å². The van der Waals surface area contributed by atoms with Gasteiger partial charge in [0.1, 0.15) is 6.26 Å². The third-order valence-corrected chi connectivity index (χ3v) is 3.31. The Morgan fingerprint density at radius 2 is 2.17 bits per heavy atom. The highest BCUT2D eigenvalue weighted by atomic mass is 16.3. The zero-order valence-electron chi connectivity index (χ0n) is 10.5. The number of carbonyl (C=O) groups is 2. The first-order valence-electron chi connectivity index (χ1n) is 6.22. The van der Waals surface area contributed by atoms with E-state index in [0.717, 1.165) is 25.9 Å². The Hall–Kier alpha value is -1.78. The standard InChI is InChI=1S/C13H18N2O3/c1-10(16)14-8-11-2-5-15(6-3-11)13(17)12-4-7-18-9-12/h4,7,9,11H,2-3,5-6,8H2,1H3,(H,14,16). The minimum Gasteiger partial charge on any atom is -0.472 e. The van der Waals surface area contributed by atoms with Crippen molar-refractivity contribution < 1.29 is 14.0 Å². The van der Waals surface area contributed by atoms with E-state index in [1.807, 2.05) is 4.90 Å². The van der Waals surface area contributed by atoms with E-state index in [2.05, 4.69) is 5.32 Å². The summed E-state index contributed by atoms with van der Waals surface area (Å²) in [6.07, 6.45) is 4.86. The molecule has 2 heterocycles. The highest BCUT2D eigenvalue weighted by Gasteiger charge is 2.24. The molecule has 1 N–H and O–H groups in total. The van der Waals surface area contributed by atoms with Crippen molar-refractivity contribution >= 4 is 11.8 Å². The predicted octanol–water partition coefficient (Wildman–Crippen LogP) is 1.27. The van der Waals surface area contributed by atoms with E-state index in [0.29, 0.717) is 18.0 Å². The van der Waals surface area contributed by atoms with Crippen LogP contribution in [-0.2, 0) is 4.79 Å². The molecule has 5 nitrogen and oxygen atoms in total. The average Bonchev–Trinajstić information content (AvgIpc) is 2.90. The Morgan fingerprint density at radius 3 is 2.72 bits per heavy atom. The molecule has 1 aromatic rings. The molecular weight excluding hydrogens is 232 g/mol. The van der Waals surface area contributed by atoms with Crippen LogP contribution in [0.15, 0.2) is 23.0 Å². The zero-order valence-corrected chi connectivity index (χ0v) is 10.5. The van der Waals surface area contributed by atoms with E-state index in [1.54, 1.807) is 6.07 Å². The van der Waals surface area contributed by atoms with Gasteiger partial charge in [0, 0.05) is 26.6 Å². The van der Waals surface area contributed by atoms with Crippen LogP contribution >= 0.6 is 0 Å². The SMILES string of the molecule is CC(=O)NCC1CCN(C(=O)c2ccoc2)CC1. The van der Waals surface area contributed by atoms with Crippen molar-refractivity contribution in [1.82, 2.24) is 10.2 Å². The maximum absolute atomic E-state index is 12.0. The van der Waals surface area contributed by atoms with Crippen LogP contribution in [-0.4, -0.2) is 36.3 Å². The van der Waals surface area contributed by atoms with Gasteiger partial charge in [-0.2, -0.15) is 0 Å². The second-order valence-electron chi connectivity index (χ2n) is 4.68. The van der Waals surface area contributed by atoms with E-state index in [1.165, 1.54) is 19.5 Å². The number of piperidine rings is 1. The summed E-state index contributed by atoms with van der Waals surface area (Å²) >= 11 is 0. The summed E-state index contributed by atoms with van der Waals surface area (Å²) in [6.45, 7) is 3.73. The number of hydrogen-bond acceptors (Lipinski definition) is 3. The lowest BCUT2D eigenvalue weighted by molar-refractivity contribution is -0.119. The lowest BCUT2D eigenvalue weighted by atomic mass is 9.96. The number of rotatable bonds is 3. The Morgan fingerprint density at radius 1 is 1.44 bits per heavy atom. The van der Waals surface area contributed by atoms with Gasteiger partial charge in [-0.25, -0.2) is 0 Å². The lowest BCUT2D eigenvalue weighted by Crippen LogP contribution is -2.41. The number of nitrogens with one attached hydrogen (secondary N) is 1. The quantitative estimate of drug-likeness (QED) is 0.878. The second-order valence-corrected chi connectivity index (χ2v) is 4.68. The molecule has 5 heteroatoms. The van der Waals surface area contributed by atoms with Gasteiger partial charge >= 0.3 is 0 Å². The summed E-state index contributed by atoms with van der Waals surface area (Å²) in [7, 11) is 0. The van der Waals surface area contributed by atoms with Crippen molar-refractivity contribution in [2.24, 2.45) is 5.92 Å². The fraction of sp³-hybridized carbons (Fsp3) is 0.538. The molecule has 1 saturated heterocycles. The fourth-order valence-corrected chi connectivity index (χ4v) is 2.20. The van der Waals surface area contributed by atoms with Crippen molar-refractivity contribution in [3.05, 3.63) is 24.2 Å². The maximum Gasteiger partial charge on any atom is 0.257 e. The van der Waals surface area contributed by atoms with E-state index < -0.39 is 0 Å². The number of likely N-dealkylation sites (tertiary alicyclic amines) is 1. The van der Waals surface area contributed by atoms with E-state index in [-0.39, 0.29) is 11.8 Å². The lowest BCUT2D eigenvalue weighted by Gasteiger charge is -2.31. The normalized spacial score (nSPS) is 16.6. The first-order valence-corrected chi connectivity index (χ1v) is 6.22. The maximum atomic E-state index is 12.0. The minimum absolute atomic E-state index is 0.00639. The fourth-order valence-electron chi connectivity index (χ4n) is 2.20. The van der Waals surface area contributed by atoms with E-state index in [4.69, 9.17) is 4.42 Å². The number of carbonyl (C=O) groups excluding carboxylic acids is 2. The first kappa shape index (κ1) is 12.7. The van der Waals surface area contributed by atoms with Crippen LogP contribution in [0.3, 0.4) is 0 Å². The van der Waals surface area contributed by atoms with Crippen LogP contribution in [0.4, 0.5) is 0 Å². The molecule has 0 aliphatic carbocycles. The molecule has 2 rings (SSSR count). The van der Waals surface area contributed by atoms with E-state index in [9.17, 15) is 9.59 Å². The Bertz CT molecular complexity index is 406. The monoisotopic (exact) mass is 250 g/mol. The molecule has 0 bridgehead atoms. The smallest absolute Gasteiger partial charge is 0.257 e. The summed E-state index contributed by atoms with van der Waals surface area (Å²) in [5, 5.41) is 2.83. The summed E-state index contributed by atoms with van der Waals surface area (Å²) in [5.41, 5.74) is 0.607. The molecule has 1 aliphatic heterocycles. The largest absolute Gasteiger partial charge is 0.472 e. The number of amides is 2. The van der Waals surface area contributed by atoms with E-state index >= 15 is 0 Å². The van der Waals surface area contributed by atoms with Crippen LogP contribution in [0.2, 0.25) is 0 Å². The summed E-state index contributed by atoms with van der Waals surface area (Å²) in [5.74, 6) is 0.510. The molecule has 0 atom stereocenters. The van der Waals surface area contributed by atoms with Crippen molar-refractivity contribution in [2.75, 3.05) is 19.6 Å². The molecule has 1 fully saturated rings. The molecule has 0 radical (unpaired) electrons. The Labute approximate surface area is 106 Å². The van der Waals surface area contributed by atoms with Crippen molar-refractivity contribution in [1.29, 1.82) is 0 Å². The third-order valence-electron chi connectivity index (χ3n) is 3.31. The minimum atomic E-state index is 0.00639. The molecule has 1 aromatic heterocycles. The van der Waals surface area contributed by atoms with Crippen molar-refractivity contribution in [3.63, 3.8) is 0 Å². The van der Waals surface area contributed by atoms with Gasteiger partial charge in [-0.3, -0.25) is 9.59 Å². The zero-order chi connectivity index (χ0) is 13.0. The third kappa shape index (κ3) is 3.12. The molecule has 0 unspecified atom stereocenters. The second kappa shape index (κ2) is 5.71. The summed E-state index contributed by atoms with van der Waals surface area (Å²) in [4.78, 5) is 24.7. The van der Waals surface area contributed by atoms with Crippen LogP contribution in [0.1, 0.15) is 30.1 Å². The van der Waals surface area contributed by atoms with Crippen molar-refractivity contribution in [3.8, 4) is 0 Å². The molecular formula is C13H18N2O3. The highest BCUT2D eigenvalue weighted by molar-refractivity contribution is 5.93. The molecule has 1 aliphatic rings. The van der Waals surface area contributed by atoms with Crippen LogP contribution in [0.5, 0.6) is 0 Å². The number of hydrogen-bond donors (Lipinski definition) is 1. The molecule has 0 saturated carbocycles. The molecule has 0 aromatic carbocycles. The Kier molecular flexibility index (Phi) is 4.02. The van der Waals surface area contributed by atoms with Gasteiger partial charge in [0.25, 0.3) is 5.91 Å². The first-order chi connectivity index (χ1) is 8.66. The molecule has 18 heavy (non-hydrogen) atoms. The van der Waals surface area contributed by atoms with Crippen molar-refractivity contribution in [2.45, 2.75) is 19.8 Å². The Balaban J connectivity index is 1.80. The van der Waals surface area contributed by atoms with Crippen LogP contribution < -0.4 is 5.32 Å². The molecule has 2 amide bonds. The van der Waals surface area contributed by atoms with Gasteiger partial charge in [-0.05, 0) is 24.8 Å². The van der Waals surface area contributed by atoms with Gasteiger partial charge in [0.15, 0.2) is 0 Å². The van der Waals surface area contributed by atoms with Gasteiger partial charge in [-0.1, -0.05) is 0 Å².